The summed E-state index contributed by atoms with van der Waals surface area (Å²) in [5.74, 6) is 0. The maximum absolute atomic E-state index is 3.67. The zero-order valence-corrected chi connectivity index (χ0v) is 14.2. The quantitative estimate of drug-likeness (QED) is 0.534. The lowest BCUT2D eigenvalue weighted by Crippen LogP contribution is -2.18. The van der Waals surface area contributed by atoms with Crippen LogP contribution < -0.4 is 0 Å². The molecule has 0 nitrogen and oxygen atoms in total. The molecule has 0 aliphatic rings. The summed E-state index contributed by atoms with van der Waals surface area (Å²) < 4.78 is 1.31. The SMILES string of the molecule is CCCCCCC(C)(C)c1c(C)sc(Br)c1C. The monoisotopic (exact) mass is 316 g/mol. The van der Waals surface area contributed by atoms with Crippen molar-refractivity contribution in [3.05, 3.63) is 19.8 Å². The van der Waals surface area contributed by atoms with Gasteiger partial charge in [0.15, 0.2) is 0 Å². The van der Waals surface area contributed by atoms with Crippen LogP contribution >= 0.6 is 27.3 Å². The molecule has 0 atom stereocenters. The first-order valence-corrected chi connectivity index (χ1v) is 8.27. The molecule has 0 aromatic carbocycles. The van der Waals surface area contributed by atoms with E-state index in [1.165, 1.54) is 46.3 Å². The summed E-state index contributed by atoms with van der Waals surface area (Å²) in [5.41, 5.74) is 3.35. The first kappa shape index (κ1) is 15.2. The van der Waals surface area contributed by atoms with Crippen LogP contribution in [0.2, 0.25) is 0 Å². The molecule has 0 N–H and O–H groups in total. The highest BCUT2D eigenvalue weighted by atomic mass is 79.9. The van der Waals surface area contributed by atoms with E-state index in [-0.39, 0.29) is 0 Å². The summed E-state index contributed by atoms with van der Waals surface area (Å²) in [5, 5.41) is 0. The van der Waals surface area contributed by atoms with Crippen molar-refractivity contribution < 1.29 is 0 Å². The molecule has 0 saturated heterocycles. The van der Waals surface area contributed by atoms with Gasteiger partial charge in [0, 0.05) is 4.88 Å². The van der Waals surface area contributed by atoms with E-state index in [0.717, 1.165) is 0 Å². The molecule has 0 aliphatic heterocycles. The Morgan fingerprint density at radius 3 is 2.24 bits per heavy atom. The smallest absolute Gasteiger partial charge is 0.0733 e. The van der Waals surface area contributed by atoms with E-state index in [4.69, 9.17) is 0 Å². The van der Waals surface area contributed by atoms with Gasteiger partial charge in [-0.3, -0.25) is 0 Å². The Bertz CT molecular complexity index is 363. The average Bonchev–Trinajstić information content (AvgIpc) is 2.48. The molecule has 1 heterocycles. The van der Waals surface area contributed by atoms with Gasteiger partial charge in [0.05, 0.1) is 3.79 Å². The minimum atomic E-state index is 0.324. The van der Waals surface area contributed by atoms with Gasteiger partial charge >= 0.3 is 0 Å². The van der Waals surface area contributed by atoms with E-state index in [9.17, 15) is 0 Å². The topological polar surface area (TPSA) is 0 Å². The normalized spacial score (nSPS) is 12.1. The highest BCUT2D eigenvalue weighted by molar-refractivity contribution is 9.11. The predicted molar refractivity (Wildman–Crippen MR) is 83.3 cm³/mol. The third kappa shape index (κ3) is 3.82. The van der Waals surface area contributed by atoms with Crippen LogP contribution in [-0.2, 0) is 5.41 Å². The van der Waals surface area contributed by atoms with Crippen molar-refractivity contribution in [2.24, 2.45) is 0 Å². The first-order chi connectivity index (χ1) is 7.90. The summed E-state index contributed by atoms with van der Waals surface area (Å²) >= 11 is 5.55. The Morgan fingerprint density at radius 2 is 1.76 bits per heavy atom. The van der Waals surface area contributed by atoms with Crippen LogP contribution in [0.15, 0.2) is 3.79 Å². The molecule has 0 spiro atoms. The fourth-order valence-electron chi connectivity index (χ4n) is 2.73. The van der Waals surface area contributed by atoms with Crippen molar-refractivity contribution in [2.45, 2.75) is 72.1 Å². The van der Waals surface area contributed by atoms with Crippen LogP contribution in [0.25, 0.3) is 0 Å². The van der Waals surface area contributed by atoms with Gasteiger partial charge in [-0.15, -0.1) is 11.3 Å². The largest absolute Gasteiger partial charge is 0.133 e. The Balaban J connectivity index is 2.74. The lowest BCUT2D eigenvalue weighted by Gasteiger charge is -2.26. The molecule has 98 valence electrons. The van der Waals surface area contributed by atoms with Crippen LogP contribution in [-0.4, -0.2) is 0 Å². The molecule has 1 rings (SSSR count). The minimum Gasteiger partial charge on any atom is -0.133 e. The van der Waals surface area contributed by atoms with Crippen molar-refractivity contribution >= 4 is 27.3 Å². The summed E-state index contributed by atoms with van der Waals surface area (Å²) in [6, 6.07) is 0. The van der Waals surface area contributed by atoms with Gasteiger partial charge in [0.25, 0.3) is 0 Å². The number of rotatable bonds is 6. The second-order valence-electron chi connectivity index (χ2n) is 5.63. The molecule has 0 bridgehead atoms. The van der Waals surface area contributed by atoms with E-state index in [0.29, 0.717) is 5.41 Å². The third-order valence-electron chi connectivity index (χ3n) is 3.60. The van der Waals surface area contributed by atoms with Crippen LogP contribution in [0.4, 0.5) is 0 Å². The molecule has 0 saturated carbocycles. The summed E-state index contributed by atoms with van der Waals surface area (Å²) in [7, 11) is 0. The Morgan fingerprint density at radius 1 is 1.12 bits per heavy atom. The number of halogens is 1. The number of hydrogen-bond donors (Lipinski definition) is 0. The predicted octanol–water partition coefficient (Wildman–Crippen LogP) is 6.38. The van der Waals surface area contributed by atoms with E-state index < -0.39 is 0 Å². The molecule has 0 aliphatic carbocycles. The number of unbranched alkanes of at least 4 members (excludes halogenated alkanes) is 3. The molecule has 0 fully saturated rings. The standard InChI is InChI=1S/C15H25BrS/c1-6-7-8-9-10-15(4,5)13-11(2)14(16)17-12(13)3/h6-10H2,1-5H3. The number of aryl methyl sites for hydroxylation is 1. The zero-order chi connectivity index (χ0) is 13.1. The van der Waals surface area contributed by atoms with E-state index in [1.54, 1.807) is 5.56 Å². The molecule has 17 heavy (non-hydrogen) atoms. The summed E-state index contributed by atoms with van der Waals surface area (Å²) in [6.45, 7) is 11.6. The second kappa shape index (κ2) is 6.38. The first-order valence-electron chi connectivity index (χ1n) is 6.66. The van der Waals surface area contributed by atoms with Crippen molar-refractivity contribution in [2.75, 3.05) is 0 Å². The highest BCUT2D eigenvalue weighted by Gasteiger charge is 2.26. The Labute approximate surface area is 119 Å². The van der Waals surface area contributed by atoms with Crippen molar-refractivity contribution in [1.29, 1.82) is 0 Å². The van der Waals surface area contributed by atoms with Gasteiger partial charge in [-0.2, -0.15) is 0 Å². The van der Waals surface area contributed by atoms with Gasteiger partial charge in [0.1, 0.15) is 0 Å². The molecule has 1 aromatic heterocycles. The van der Waals surface area contributed by atoms with Crippen molar-refractivity contribution in [1.82, 2.24) is 0 Å². The fourth-order valence-corrected chi connectivity index (χ4v) is 4.71. The number of thiophene rings is 1. The van der Waals surface area contributed by atoms with Crippen LogP contribution in [0.5, 0.6) is 0 Å². The van der Waals surface area contributed by atoms with Gasteiger partial charge in [0.2, 0.25) is 0 Å². The van der Waals surface area contributed by atoms with Gasteiger partial charge in [-0.1, -0.05) is 46.5 Å². The fraction of sp³-hybridized carbons (Fsp3) is 0.733. The van der Waals surface area contributed by atoms with Crippen LogP contribution in [0.1, 0.15) is 68.9 Å². The third-order valence-corrected chi connectivity index (χ3v) is 5.67. The van der Waals surface area contributed by atoms with Gasteiger partial charge in [-0.05, 0) is 52.7 Å². The van der Waals surface area contributed by atoms with Gasteiger partial charge in [-0.25, -0.2) is 0 Å². The lowest BCUT2D eigenvalue weighted by atomic mass is 9.78. The molecule has 1 aromatic rings. The van der Waals surface area contributed by atoms with E-state index in [2.05, 4.69) is 50.5 Å². The highest BCUT2D eigenvalue weighted by Crippen LogP contribution is 2.41. The maximum Gasteiger partial charge on any atom is 0.0733 e. The molecule has 2 heteroatoms. The molecule has 0 amide bonds. The van der Waals surface area contributed by atoms with Crippen molar-refractivity contribution in [3.63, 3.8) is 0 Å². The minimum absolute atomic E-state index is 0.324. The van der Waals surface area contributed by atoms with Gasteiger partial charge < -0.3 is 0 Å². The Hall–Kier alpha value is 0.180. The van der Waals surface area contributed by atoms with Crippen LogP contribution in [0.3, 0.4) is 0 Å². The molecule has 0 unspecified atom stereocenters. The molecule has 0 radical (unpaired) electrons. The molecular formula is C15H25BrS. The summed E-state index contributed by atoms with van der Waals surface area (Å²) in [6.07, 6.45) is 6.73. The summed E-state index contributed by atoms with van der Waals surface area (Å²) in [4.78, 5) is 1.48. The lowest BCUT2D eigenvalue weighted by molar-refractivity contribution is 0.444. The van der Waals surface area contributed by atoms with Crippen molar-refractivity contribution in [3.8, 4) is 0 Å². The van der Waals surface area contributed by atoms with Crippen LogP contribution in [0, 0.1) is 13.8 Å². The average molecular weight is 317 g/mol. The zero-order valence-electron chi connectivity index (χ0n) is 11.8. The number of hydrogen-bond acceptors (Lipinski definition) is 1. The second-order valence-corrected chi connectivity index (χ2v) is 8.17. The molecular weight excluding hydrogens is 292 g/mol. The van der Waals surface area contributed by atoms with E-state index >= 15 is 0 Å². The Kier molecular flexibility index (Phi) is 5.72. The maximum atomic E-state index is 3.67. The van der Waals surface area contributed by atoms with E-state index in [1.807, 2.05) is 11.3 Å².